The summed E-state index contributed by atoms with van der Waals surface area (Å²) in [4.78, 5) is 0. The summed E-state index contributed by atoms with van der Waals surface area (Å²) in [5.74, 6) is 0.740. The third-order valence-electron chi connectivity index (χ3n) is 2.26. The van der Waals surface area contributed by atoms with Crippen LogP contribution in [-0.2, 0) is 4.43 Å². The molecule has 0 unspecified atom stereocenters. The van der Waals surface area contributed by atoms with E-state index < -0.39 is 0 Å². The van der Waals surface area contributed by atoms with Gasteiger partial charge >= 0.3 is 0 Å². The van der Waals surface area contributed by atoms with Crippen molar-refractivity contribution >= 4 is 25.7 Å². The van der Waals surface area contributed by atoms with Crippen LogP contribution in [0.2, 0.25) is 5.04 Å². The van der Waals surface area contributed by atoms with Crippen molar-refractivity contribution in [2.24, 2.45) is 5.92 Å². The lowest BCUT2D eigenvalue weighted by molar-refractivity contribution is 0.323. The summed E-state index contributed by atoms with van der Waals surface area (Å²) in [7, 11) is -0.349. The van der Waals surface area contributed by atoms with Gasteiger partial charge in [0.15, 0.2) is 9.76 Å². The van der Waals surface area contributed by atoms with Gasteiger partial charge in [-0.3, -0.25) is 0 Å². The van der Waals surface area contributed by atoms with Gasteiger partial charge in [0.05, 0.1) is 0 Å². The first-order chi connectivity index (χ1) is 5.00. The molecule has 0 fully saturated rings. The Morgan fingerprint density at radius 1 is 1.45 bits per heavy atom. The molecule has 0 aromatic carbocycles. The minimum absolute atomic E-state index is 0.349. The maximum Gasteiger partial charge on any atom is 0.167 e. The van der Waals surface area contributed by atoms with Gasteiger partial charge in [0.25, 0.3) is 0 Å². The molecule has 0 aliphatic carbocycles. The van der Waals surface area contributed by atoms with Crippen LogP contribution in [-0.4, -0.2) is 21.7 Å². The Balaban J connectivity index is 3.55. The molecular formula is C8H19BrOSi. The van der Waals surface area contributed by atoms with Crippen LogP contribution in [0.3, 0.4) is 0 Å². The fourth-order valence-electron chi connectivity index (χ4n) is 0.556. The quantitative estimate of drug-likeness (QED) is 0.406. The lowest BCUT2D eigenvalue weighted by atomic mass is 9.99. The van der Waals surface area contributed by atoms with Crippen LogP contribution in [0, 0.1) is 5.92 Å². The van der Waals surface area contributed by atoms with Crippen molar-refractivity contribution in [2.75, 3.05) is 11.9 Å². The number of hydrogen-bond donors (Lipinski definition) is 0. The second kappa shape index (κ2) is 5.33. The third-order valence-corrected chi connectivity index (χ3v) is 4.64. The number of hydrogen-bond acceptors (Lipinski definition) is 1. The molecule has 0 N–H and O–H groups in total. The Hall–Kier alpha value is 0.657. The summed E-state index contributed by atoms with van der Waals surface area (Å²) in [6, 6.07) is 0. The Labute approximate surface area is 81.0 Å². The van der Waals surface area contributed by atoms with Crippen LogP contribution in [0.1, 0.15) is 27.7 Å². The molecule has 0 atom stereocenters. The molecule has 0 aromatic heterocycles. The van der Waals surface area contributed by atoms with E-state index in [0.717, 1.165) is 17.9 Å². The summed E-state index contributed by atoms with van der Waals surface area (Å²) in [6.45, 7) is 10.0. The fraction of sp³-hybridized carbons (Fsp3) is 1.00. The van der Waals surface area contributed by atoms with Crippen molar-refractivity contribution in [1.29, 1.82) is 0 Å². The second-order valence-corrected chi connectivity index (χ2v) is 7.20. The van der Waals surface area contributed by atoms with Gasteiger partial charge in [-0.1, -0.05) is 43.6 Å². The van der Waals surface area contributed by atoms with Gasteiger partial charge in [0.1, 0.15) is 0 Å². The number of alkyl halides is 1. The van der Waals surface area contributed by atoms with E-state index in [1.54, 1.807) is 0 Å². The predicted molar refractivity (Wildman–Crippen MR) is 57.2 cm³/mol. The second-order valence-electron chi connectivity index (χ2n) is 3.88. The van der Waals surface area contributed by atoms with E-state index in [2.05, 4.69) is 43.6 Å². The van der Waals surface area contributed by atoms with Crippen molar-refractivity contribution in [2.45, 2.75) is 32.7 Å². The zero-order valence-corrected chi connectivity index (χ0v) is 11.0. The van der Waals surface area contributed by atoms with Crippen LogP contribution in [0.25, 0.3) is 0 Å². The SMILES string of the molecule is CC(C)C(C)(C)[SiH2]OCCBr. The first kappa shape index (κ1) is 11.7. The van der Waals surface area contributed by atoms with Crippen molar-refractivity contribution in [3.8, 4) is 0 Å². The standard InChI is InChI=1S/C8H19BrOSi/c1-7(2)8(3,4)11-10-6-5-9/h7H,5-6,11H2,1-4H3. The molecule has 0 bridgehead atoms. The molecule has 1 nitrogen and oxygen atoms in total. The summed E-state index contributed by atoms with van der Waals surface area (Å²) in [5.41, 5.74) is 0. The van der Waals surface area contributed by atoms with E-state index in [1.807, 2.05) is 0 Å². The maximum absolute atomic E-state index is 5.60. The molecule has 0 aromatic rings. The molecule has 0 saturated heterocycles. The van der Waals surface area contributed by atoms with Crippen LogP contribution >= 0.6 is 15.9 Å². The zero-order valence-electron chi connectivity index (χ0n) is 7.98. The molecule has 0 spiro atoms. The van der Waals surface area contributed by atoms with E-state index >= 15 is 0 Å². The summed E-state index contributed by atoms with van der Waals surface area (Å²) in [5, 5.41) is 1.41. The fourth-order valence-corrected chi connectivity index (χ4v) is 2.36. The van der Waals surface area contributed by atoms with Crippen molar-refractivity contribution in [1.82, 2.24) is 0 Å². The first-order valence-electron chi connectivity index (χ1n) is 4.14. The van der Waals surface area contributed by atoms with E-state index in [-0.39, 0.29) is 9.76 Å². The molecule has 68 valence electrons. The monoisotopic (exact) mass is 238 g/mol. The highest BCUT2D eigenvalue weighted by molar-refractivity contribution is 9.09. The van der Waals surface area contributed by atoms with Crippen molar-refractivity contribution in [3.63, 3.8) is 0 Å². The van der Waals surface area contributed by atoms with Gasteiger partial charge in [0, 0.05) is 11.9 Å². The van der Waals surface area contributed by atoms with E-state index in [0.29, 0.717) is 5.04 Å². The molecule has 0 amide bonds. The van der Waals surface area contributed by atoms with Gasteiger partial charge in [-0.25, -0.2) is 0 Å². The van der Waals surface area contributed by atoms with Crippen molar-refractivity contribution < 1.29 is 4.43 Å². The molecule has 0 rings (SSSR count). The largest absolute Gasteiger partial charge is 0.423 e. The van der Waals surface area contributed by atoms with Crippen LogP contribution in [0.5, 0.6) is 0 Å². The van der Waals surface area contributed by atoms with Gasteiger partial charge in [-0.05, 0) is 11.0 Å². The highest BCUT2D eigenvalue weighted by Gasteiger charge is 2.22. The lowest BCUT2D eigenvalue weighted by Crippen LogP contribution is -2.22. The van der Waals surface area contributed by atoms with E-state index in [1.165, 1.54) is 0 Å². The van der Waals surface area contributed by atoms with Gasteiger partial charge < -0.3 is 4.43 Å². The molecule has 0 heterocycles. The minimum atomic E-state index is -0.349. The minimum Gasteiger partial charge on any atom is -0.423 e. The van der Waals surface area contributed by atoms with Crippen LogP contribution < -0.4 is 0 Å². The molecule has 0 radical (unpaired) electrons. The summed E-state index contributed by atoms with van der Waals surface area (Å²) >= 11 is 3.35. The molecule has 0 aliphatic rings. The van der Waals surface area contributed by atoms with Crippen molar-refractivity contribution in [3.05, 3.63) is 0 Å². The molecule has 0 aliphatic heterocycles. The Morgan fingerprint density at radius 3 is 2.36 bits per heavy atom. The van der Waals surface area contributed by atoms with E-state index in [4.69, 9.17) is 4.43 Å². The average Bonchev–Trinajstić information content (AvgIpc) is 1.88. The number of halogens is 1. The molecule has 3 heteroatoms. The smallest absolute Gasteiger partial charge is 0.167 e. The Bertz CT molecular complexity index is 104. The predicted octanol–water partition coefficient (Wildman–Crippen LogP) is 2.34. The topological polar surface area (TPSA) is 9.23 Å². The average molecular weight is 239 g/mol. The summed E-state index contributed by atoms with van der Waals surface area (Å²) < 4.78 is 5.60. The first-order valence-corrected chi connectivity index (χ1v) is 6.55. The Kier molecular flexibility index (Phi) is 5.65. The molecule has 11 heavy (non-hydrogen) atoms. The van der Waals surface area contributed by atoms with Crippen LogP contribution in [0.4, 0.5) is 0 Å². The zero-order chi connectivity index (χ0) is 8.91. The van der Waals surface area contributed by atoms with Gasteiger partial charge in [-0.15, -0.1) is 0 Å². The number of rotatable bonds is 5. The lowest BCUT2D eigenvalue weighted by Gasteiger charge is -2.27. The third kappa shape index (κ3) is 4.99. The maximum atomic E-state index is 5.60. The Morgan fingerprint density at radius 2 is 2.00 bits per heavy atom. The summed E-state index contributed by atoms with van der Waals surface area (Å²) in [6.07, 6.45) is 0. The highest BCUT2D eigenvalue weighted by atomic mass is 79.9. The normalized spacial score (nSPS) is 13.6. The van der Waals surface area contributed by atoms with E-state index in [9.17, 15) is 0 Å². The molecule has 0 saturated carbocycles. The highest BCUT2D eigenvalue weighted by Crippen LogP contribution is 2.32. The molecular weight excluding hydrogens is 220 g/mol. The van der Waals surface area contributed by atoms with Gasteiger partial charge in [-0.2, -0.15) is 0 Å². The van der Waals surface area contributed by atoms with Crippen LogP contribution in [0.15, 0.2) is 0 Å². The van der Waals surface area contributed by atoms with Gasteiger partial charge in [0.2, 0.25) is 0 Å².